The Bertz CT molecular complexity index is 713. The normalized spacial score (nSPS) is 16.6. The molecule has 24 heavy (non-hydrogen) atoms. The van der Waals surface area contributed by atoms with E-state index in [0.29, 0.717) is 35.4 Å². The molecule has 1 aliphatic heterocycles. The molecule has 2 aromatic carbocycles. The summed E-state index contributed by atoms with van der Waals surface area (Å²) in [7, 11) is 0. The maximum atomic E-state index is 12.5. The van der Waals surface area contributed by atoms with Crippen LogP contribution in [0.2, 0.25) is 10.0 Å². The molecule has 0 saturated carbocycles. The Kier molecular flexibility index (Phi) is 5.44. The molecule has 0 aliphatic carbocycles. The van der Waals surface area contributed by atoms with Gasteiger partial charge >= 0.3 is 0 Å². The zero-order valence-electron chi connectivity index (χ0n) is 13.2. The predicted molar refractivity (Wildman–Crippen MR) is 97.0 cm³/mol. The number of halogens is 2. The van der Waals surface area contributed by atoms with Gasteiger partial charge in [-0.25, -0.2) is 0 Å². The first-order chi connectivity index (χ1) is 11.6. The zero-order valence-corrected chi connectivity index (χ0v) is 14.7. The van der Waals surface area contributed by atoms with Crippen LogP contribution in [0.15, 0.2) is 48.5 Å². The second-order valence-corrected chi connectivity index (χ2v) is 6.91. The van der Waals surface area contributed by atoms with Crippen molar-refractivity contribution >= 4 is 29.1 Å². The van der Waals surface area contributed by atoms with Crippen molar-refractivity contribution in [2.75, 3.05) is 19.8 Å². The highest BCUT2D eigenvalue weighted by Crippen LogP contribution is 2.34. The first-order valence-corrected chi connectivity index (χ1v) is 8.73. The minimum absolute atomic E-state index is 0.111. The number of ether oxygens (including phenoxy) is 1. The first-order valence-electron chi connectivity index (χ1n) is 7.97. The number of rotatable bonds is 4. The highest BCUT2D eigenvalue weighted by molar-refractivity contribution is 6.35. The monoisotopic (exact) mass is 363 g/mol. The maximum Gasteiger partial charge on any atom is 0.252 e. The fourth-order valence-corrected chi connectivity index (χ4v) is 3.51. The van der Waals surface area contributed by atoms with Gasteiger partial charge in [-0.3, -0.25) is 4.79 Å². The fraction of sp³-hybridized carbons (Fsp3) is 0.316. The second kappa shape index (κ2) is 7.56. The largest absolute Gasteiger partial charge is 0.381 e. The maximum absolute atomic E-state index is 12.5. The van der Waals surface area contributed by atoms with Crippen molar-refractivity contribution in [3.8, 4) is 0 Å². The number of hydrogen-bond acceptors (Lipinski definition) is 2. The van der Waals surface area contributed by atoms with Gasteiger partial charge in [-0.05, 0) is 36.6 Å². The van der Waals surface area contributed by atoms with Gasteiger partial charge < -0.3 is 10.1 Å². The molecule has 0 spiro atoms. The van der Waals surface area contributed by atoms with Gasteiger partial charge in [0.25, 0.3) is 5.91 Å². The third-order valence-electron chi connectivity index (χ3n) is 4.60. The minimum atomic E-state index is -0.204. The average Bonchev–Trinajstić information content (AvgIpc) is 2.63. The molecule has 0 atom stereocenters. The Morgan fingerprint density at radius 2 is 1.79 bits per heavy atom. The summed E-state index contributed by atoms with van der Waals surface area (Å²) in [6, 6.07) is 15.2. The smallest absolute Gasteiger partial charge is 0.252 e. The molecule has 0 bridgehead atoms. The van der Waals surface area contributed by atoms with E-state index in [1.807, 2.05) is 18.2 Å². The molecule has 1 amide bonds. The highest BCUT2D eigenvalue weighted by atomic mass is 35.5. The van der Waals surface area contributed by atoms with Crippen molar-refractivity contribution in [3.63, 3.8) is 0 Å². The summed E-state index contributed by atoms with van der Waals surface area (Å²) in [6.07, 6.45) is 1.75. The van der Waals surface area contributed by atoms with E-state index in [0.717, 1.165) is 12.8 Å². The van der Waals surface area contributed by atoms with Gasteiger partial charge in [-0.1, -0.05) is 53.5 Å². The van der Waals surface area contributed by atoms with E-state index in [4.69, 9.17) is 27.9 Å². The van der Waals surface area contributed by atoms with Crippen LogP contribution in [0.1, 0.15) is 28.8 Å². The lowest BCUT2D eigenvalue weighted by Gasteiger charge is -2.38. The Labute approximate surface area is 151 Å². The summed E-state index contributed by atoms with van der Waals surface area (Å²) in [6.45, 7) is 1.94. The van der Waals surface area contributed by atoms with Crippen molar-refractivity contribution in [1.82, 2.24) is 5.32 Å². The van der Waals surface area contributed by atoms with E-state index in [-0.39, 0.29) is 11.3 Å². The number of carbonyl (C=O) groups is 1. The molecule has 3 rings (SSSR count). The molecule has 1 heterocycles. The first kappa shape index (κ1) is 17.3. The molecular weight excluding hydrogens is 345 g/mol. The number of hydrogen-bond donors (Lipinski definition) is 1. The summed E-state index contributed by atoms with van der Waals surface area (Å²) in [4.78, 5) is 12.5. The summed E-state index contributed by atoms with van der Waals surface area (Å²) in [5, 5.41) is 3.93. The van der Waals surface area contributed by atoms with Gasteiger partial charge in [-0.15, -0.1) is 0 Å². The van der Waals surface area contributed by atoms with Crippen LogP contribution in [0.5, 0.6) is 0 Å². The van der Waals surface area contributed by atoms with Gasteiger partial charge in [0.1, 0.15) is 0 Å². The molecule has 3 nitrogen and oxygen atoms in total. The Morgan fingerprint density at radius 1 is 1.08 bits per heavy atom. The quantitative estimate of drug-likeness (QED) is 0.869. The van der Waals surface area contributed by atoms with Crippen LogP contribution in [-0.2, 0) is 10.2 Å². The molecule has 1 aliphatic rings. The Hall–Kier alpha value is -1.55. The molecule has 5 heteroatoms. The highest BCUT2D eigenvalue weighted by Gasteiger charge is 2.34. The molecule has 126 valence electrons. The molecule has 1 N–H and O–H groups in total. The molecular formula is C19H19Cl2NO2. The van der Waals surface area contributed by atoms with Crippen LogP contribution in [0, 0.1) is 0 Å². The molecule has 0 radical (unpaired) electrons. The van der Waals surface area contributed by atoms with Gasteiger partial charge in [0.2, 0.25) is 0 Å². The summed E-state index contributed by atoms with van der Waals surface area (Å²) < 4.78 is 5.52. The van der Waals surface area contributed by atoms with E-state index in [1.54, 1.807) is 18.2 Å². The van der Waals surface area contributed by atoms with Crippen molar-refractivity contribution in [2.24, 2.45) is 0 Å². The van der Waals surface area contributed by atoms with Crippen molar-refractivity contribution < 1.29 is 9.53 Å². The lowest BCUT2D eigenvalue weighted by molar-refractivity contribution is 0.0487. The lowest BCUT2D eigenvalue weighted by atomic mass is 9.74. The van der Waals surface area contributed by atoms with Gasteiger partial charge in [0, 0.05) is 30.2 Å². The molecule has 0 unspecified atom stereocenters. The third kappa shape index (κ3) is 3.75. The summed E-state index contributed by atoms with van der Waals surface area (Å²) >= 11 is 12.1. The van der Waals surface area contributed by atoms with Crippen LogP contribution in [0.4, 0.5) is 0 Å². The SMILES string of the molecule is O=C(NCC1(c2ccccc2)CCOCC1)c1cc(Cl)ccc1Cl. The van der Waals surface area contributed by atoms with E-state index < -0.39 is 0 Å². The van der Waals surface area contributed by atoms with Crippen LogP contribution < -0.4 is 5.32 Å². The van der Waals surface area contributed by atoms with Gasteiger partial charge in [0.05, 0.1) is 10.6 Å². The van der Waals surface area contributed by atoms with E-state index in [2.05, 4.69) is 17.4 Å². The predicted octanol–water partition coefficient (Wildman–Crippen LogP) is 4.47. The van der Waals surface area contributed by atoms with Crippen LogP contribution in [0.25, 0.3) is 0 Å². The molecule has 1 saturated heterocycles. The molecule has 1 fully saturated rings. The van der Waals surface area contributed by atoms with Crippen molar-refractivity contribution in [1.29, 1.82) is 0 Å². The topological polar surface area (TPSA) is 38.3 Å². The molecule has 0 aromatic heterocycles. The fourth-order valence-electron chi connectivity index (χ4n) is 3.14. The summed E-state index contributed by atoms with van der Waals surface area (Å²) in [5.41, 5.74) is 1.52. The zero-order chi connectivity index (χ0) is 17.0. The number of amides is 1. The average molecular weight is 364 g/mol. The third-order valence-corrected chi connectivity index (χ3v) is 5.16. The van der Waals surface area contributed by atoms with E-state index in [1.165, 1.54) is 5.56 Å². The Balaban J connectivity index is 1.79. The van der Waals surface area contributed by atoms with E-state index >= 15 is 0 Å². The number of carbonyl (C=O) groups excluding carboxylic acids is 1. The summed E-state index contributed by atoms with van der Waals surface area (Å²) in [5.74, 6) is -0.204. The lowest BCUT2D eigenvalue weighted by Crippen LogP contribution is -2.44. The minimum Gasteiger partial charge on any atom is -0.381 e. The van der Waals surface area contributed by atoms with Gasteiger partial charge in [-0.2, -0.15) is 0 Å². The van der Waals surface area contributed by atoms with Crippen LogP contribution in [0.3, 0.4) is 0 Å². The molecule has 2 aromatic rings. The van der Waals surface area contributed by atoms with Crippen molar-refractivity contribution in [2.45, 2.75) is 18.3 Å². The number of benzene rings is 2. The van der Waals surface area contributed by atoms with Crippen molar-refractivity contribution in [3.05, 3.63) is 69.7 Å². The second-order valence-electron chi connectivity index (χ2n) is 6.07. The van der Waals surface area contributed by atoms with Gasteiger partial charge in [0.15, 0.2) is 0 Å². The standard InChI is InChI=1S/C19H19Cl2NO2/c20-15-6-7-17(21)16(12-15)18(23)22-13-19(8-10-24-11-9-19)14-4-2-1-3-5-14/h1-7,12H,8-11,13H2,(H,22,23). The number of nitrogens with one attached hydrogen (secondary N) is 1. The van der Waals surface area contributed by atoms with E-state index in [9.17, 15) is 4.79 Å². The Morgan fingerprint density at radius 3 is 2.50 bits per heavy atom. The van der Waals surface area contributed by atoms with Crippen LogP contribution in [-0.4, -0.2) is 25.7 Å². The van der Waals surface area contributed by atoms with Crippen LogP contribution >= 0.6 is 23.2 Å².